The minimum atomic E-state index is -0.809. The van der Waals surface area contributed by atoms with E-state index in [1.54, 1.807) is 0 Å². The monoisotopic (exact) mass is 250 g/mol. The van der Waals surface area contributed by atoms with Gasteiger partial charge in [-0.05, 0) is 28.7 Å². The number of hydrogen-bond acceptors (Lipinski definition) is 1. The van der Waals surface area contributed by atoms with Gasteiger partial charge in [-0.1, -0.05) is 54.6 Å². The number of rotatable bonds is 2. The lowest BCUT2D eigenvalue weighted by atomic mass is 9.89. The highest BCUT2D eigenvalue weighted by atomic mass is 16.4. The van der Waals surface area contributed by atoms with E-state index < -0.39 is 5.97 Å². The van der Waals surface area contributed by atoms with Gasteiger partial charge in [-0.15, -0.1) is 0 Å². The van der Waals surface area contributed by atoms with Crippen molar-refractivity contribution in [1.82, 2.24) is 0 Å². The molecule has 0 saturated heterocycles. The van der Waals surface area contributed by atoms with Crippen LogP contribution in [0.1, 0.15) is 11.1 Å². The van der Waals surface area contributed by atoms with Gasteiger partial charge in [0.25, 0.3) is 0 Å². The fraction of sp³-hybridized carbons (Fsp3) is 0.118. The summed E-state index contributed by atoms with van der Waals surface area (Å²) in [4.78, 5) is 11.1. The quantitative estimate of drug-likeness (QED) is 0.886. The molecule has 0 radical (unpaired) electrons. The molecular formula is C17H14O2. The lowest BCUT2D eigenvalue weighted by Gasteiger charge is -2.16. The van der Waals surface area contributed by atoms with Gasteiger partial charge in [0.1, 0.15) is 0 Å². The molecule has 0 bridgehead atoms. The van der Waals surface area contributed by atoms with Crippen LogP contribution in [-0.4, -0.2) is 11.1 Å². The second-order valence-corrected chi connectivity index (χ2v) is 4.76. The van der Waals surface area contributed by atoms with Crippen LogP contribution in [0, 0.1) is 0 Å². The number of benzene rings is 2. The topological polar surface area (TPSA) is 37.3 Å². The molecule has 0 spiro atoms. The summed E-state index contributed by atoms with van der Waals surface area (Å²) in [7, 11) is 0. The Labute approximate surface area is 112 Å². The van der Waals surface area contributed by atoms with Crippen LogP contribution in [0.3, 0.4) is 0 Å². The van der Waals surface area contributed by atoms with E-state index in [2.05, 4.69) is 30.3 Å². The second-order valence-electron chi connectivity index (χ2n) is 4.76. The number of carbonyl (C=O) groups is 1. The maximum absolute atomic E-state index is 11.1. The summed E-state index contributed by atoms with van der Waals surface area (Å²) < 4.78 is 0. The molecule has 2 nitrogen and oxygen atoms in total. The molecule has 0 fully saturated rings. The summed E-state index contributed by atoms with van der Waals surface area (Å²) >= 11 is 0. The summed E-state index contributed by atoms with van der Waals surface area (Å²) in [5.74, 6) is -0.809. The zero-order chi connectivity index (χ0) is 13.2. The molecule has 0 aromatic heterocycles. The predicted molar refractivity (Wildman–Crippen MR) is 75.0 cm³/mol. The van der Waals surface area contributed by atoms with Crippen LogP contribution in [0.2, 0.25) is 0 Å². The maximum atomic E-state index is 11.1. The molecule has 1 aliphatic rings. The molecule has 0 heterocycles. The van der Waals surface area contributed by atoms with Crippen LogP contribution < -0.4 is 0 Å². The number of allylic oxidation sites excluding steroid dienone is 1. The van der Waals surface area contributed by atoms with Gasteiger partial charge >= 0.3 is 5.97 Å². The van der Waals surface area contributed by atoms with E-state index in [1.807, 2.05) is 24.3 Å². The first kappa shape index (κ1) is 11.7. The number of hydrogen-bond donors (Lipinski definition) is 1. The minimum Gasteiger partial charge on any atom is -0.478 e. The number of carboxylic acid groups (broad SMARTS) is 1. The van der Waals surface area contributed by atoms with Crippen LogP contribution in [0.5, 0.6) is 0 Å². The zero-order valence-electron chi connectivity index (χ0n) is 10.5. The SMILES string of the molecule is O=C(O)C1=CCc2ccc(-c3ccccc3)cc2C1. The maximum Gasteiger partial charge on any atom is 0.331 e. The van der Waals surface area contributed by atoms with Crippen molar-refractivity contribution < 1.29 is 9.90 Å². The Hall–Kier alpha value is -2.35. The van der Waals surface area contributed by atoms with Crippen molar-refractivity contribution in [3.05, 3.63) is 71.3 Å². The summed E-state index contributed by atoms with van der Waals surface area (Å²) in [5.41, 5.74) is 5.16. The van der Waals surface area contributed by atoms with Gasteiger partial charge < -0.3 is 5.11 Å². The van der Waals surface area contributed by atoms with Crippen LogP contribution in [0.4, 0.5) is 0 Å². The number of fused-ring (bicyclic) bond motifs is 1. The molecule has 19 heavy (non-hydrogen) atoms. The van der Waals surface area contributed by atoms with Crippen molar-refractivity contribution in [3.8, 4) is 11.1 Å². The van der Waals surface area contributed by atoms with E-state index in [0.717, 1.165) is 16.7 Å². The Morgan fingerprint density at radius 1 is 0.947 bits per heavy atom. The van der Waals surface area contributed by atoms with Gasteiger partial charge in [-0.2, -0.15) is 0 Å². The van der Waals surface area contributed by atoms with Gasteiger partial charge in [0, 0.05) is 12.0 Å². The van der Waals surface area contributed by atoms with E-state index in [1.165, 1.54) is 5.56 Å². The summed E-state index contributed by atoms with van der Waals surface area (Å²) in [6.07, 6.45) is 3.05. The van der Waals surface area contributed by atoms with Gasteiger partial charge in [0.05, 0.1) is 0 Å². The van der Waals surface area contributed by atoms with Gasteiger partial charge in [-0.25, -0.2) is 4.79 Å². The van der Waals surface area contributed by atoms with E-state index in [0.29, 0.717) is 18.4 Å². The van der Waals surface area contributed by atoms with Crippen LogP contribution in [0.25, 0.3) is 11.1 Å². The summed E-state index contributed by atoms with van der Waals surface area (Å²) in [6, 6.07) is 16.5. The largest absolute Gasteiger partial charge is 0.478 e. The first-order valence-electron chi connectivity index (χ1n) is 6.33. The van der Waals surface area contributed by atoms with Crippen molar-refractivity contribution in [3.63, 3.8) is 0 Å². The molecule has 0 atom stereocenters. The van der Waals surface area contributed by atoms with Crippen molar-refractivity contribution in [2.24, 2.45) is 0 Å². The lowest BCUT2D eigenvalue weighted by molar-refractivity contribution is -0.132. The molecule has 94 valence electrons. The first-order chi connectivity index (χ1) is 9.24. The molecule has 2 aromatic rings. The highest BCUT2D eigenvalue weighted by Gasteiger charge is 2.16. The standard InChI is InChI=1S/C17H14O2/c18-17(19)15-9-7-13-6-8-14(10-16(13)11-15)12-4-2-1-3-5-12/h1-6,8-10H,7,11H2,(H,18,19). The van der Waals surface area contributed by atoms with Gasteiger partial charge in [-0.3, -0.25) is 0 Å². The fourth-order valence-corrected chi connectivity index (χ4v) is 2.47. The van der Waals surface area contributed by atoms with Crippen LogP contribution >= 0.6 is 0 Å². The number of aliphatic carboxylic acids is 1. The molecular weight excluding hydrogens is 236 g/mol. The van der Waals surface area contributed by atoms with E-state index in [9.17, 15) is 4.79 Å². The molecule has 0 unspecified atom stereocenters. The molecule has 0 aliphatic heterocycles. The Kier molecular flexibility index (Phi) is 2.92. The third-order valence-electron chi connectivity index (χ3n) is 3.54. The molecule has 3 rings (SSSR count). The lowest BCUT2D eigenvalue weighted by Crippen LogP contribution is -2.10. The third-order valence-corrected chi connectivity index (χ3v) is 3.54. The Morgan fingerprint density at radius 2 is 1.74 bits per heavy atom. The van der Waals surface area contributed by atoms with Crippen LogP contribution in [0.15, 0.2) is 60.2 Å². The van der Waals surface area contributed by atoms with Crippen molar-refractivity contribution in [2.75, 3.05) is 0 Å². The zero-order valence-corrected chi connectivity index (χ0v) is 10.5. The Morgan fingerprint density at radius 3 is 2.47 bits per heavy atom. The van der Waals surface area contributed by atoms with Crippen molar-refractivity contribution in [1.29, 1.82) is 0 Å². The van der Waals surface area contributed by atoms with Crippen LogP contribution in [-0.2, 0) is 17.6 Å². The third kappa shape index (κ3) is 2.29. The smallest absolute Gasteiger partial charge is 0.331 e. The highest BCUT2D eigenvalue weighted by molar-refractivity contribution is 5.88. The number of carboxylic acids is 1. The first-order valence-corrected chi connectivity index (χ1v) is 6.33. The fourth-order valence-electron chi connectivity index (χ4n) is 2.47. The molecule has 1 N–H and O–H groups in total. The molecule has 0 amide bonds. The van der Waals surface area contributed by atoms with Gasteiger partial charge in [0.2, 0.25) is 0 Å². The summed E-state index contributed by atoms with van der Waals surface area (Å²) in [5, 5.41) is 9.08. The second kappa shape index (κ2) is 4.73. The minimum absolute atomic E-state index is 0.498. The summed E-state index contributed by atoms with van der Waals surface area (Å²) in [6.45, 7) is 0. The highest BCUT2D eigenvalue weighted by Crippen LogP contribution is 2.27. The predicted octanol–water partition coefficient (Wildman–Crippen LogP) is 3.46. The average Bonchev–Trinajstić information content (AvgIpc) is 2.47. The van der Waals surface area contributed by atoms with Crippen molar-refractivity contribution >= 4 is 5.97 Å². The Bertz CT molecular complexity index is 654. The normalized spacial score (nSPS) is 13.6. The molecule has 2 heteroatoms. The molecule has 1 aliphatic carbocycles. The molecule has 2 aromatic carbocycles. The van der Waals surface area contributed by atoms with Gasteiger partial charge in [0.15, 0.2) is 0 Å². The van der Waals surface area contributed by atoms with E-state index >= 15 is 0 Å². The van der Waals surface area contributed by atoms with Crippen molar-refractivity contribution in [2.45, 2.75) is 12.8 Å². The van der Waals surface area contributed by atoms with E-state index in [4.69, 9.17) is 5.11 Å². The van der Waals surface area contributed by atoms with E-state index in [-0.39, 0.29) is 0 Å². The Balaban J connectivity index is 1.98. The molecule has 0 saturated carbocycles. The average molecular weight is 250 g/mol.